The highest BCUT2D eigenvalue weighted by atomic mass is 32.3. The summed E-state index contributed by atoms with van der Waals surface area (Å²) in [6.45, 7) is 2.00. The van der Waals surface area contributed by atoms with Crippen molar-refractivity contribution in [1.82, 2.24) is 0 Å². The highest BCUT2D eigenvalue weighted by molar-refractivity contribution is 7.80. The molecular weight excluding hydrogens is 188 g/mol. The predicted molar refractivity (Wildman–Crippen MR) is 39.9 cm³/mol. The molecule has 0 aromatic heterocycles. The second-order valence-electron chi connectivity index (χ2n) is 2.18. The van der Waals surface area contributed by atoms with Crippen LogP contribution in [0.15, 0.2) is 0 Å². The Labute approximate surface area is 71.0 Å². The molecule has 0 atom stereocenters. The first kappa shape index (κ1) is 11.8. The SMILES string of the molecule is C1CCOCC1.O=S(=O)(O)OO. The zero-order valence-corrected chi connectivity index (χ0v) is 7.29. The molecule has 0 bridgehead atoms. The third-order valence-electron chi connectivity index (χ3n) is 1.17. The fourth-order valence-corrected chi connectivity index (χ4v) is 0.687. The zero-order valence-electron chi connectivity index (χ0n) is 6.47. The van der Waals surface area contributed by atoms with Crippen molar-refractivity contribution in [2.24, 2.45) is 0 Å². The Morgan fingerprint density at radius 2 is 1.58 bits per heavy atom. The maximum absolute atomic E-state index is 9.08. The largest absolute Gasteiger partial charge is 0.423 e. The van der Waals surface area contributed by atoms with E-state index in [1.165, 1.54) is 19.3 Å². The van der Waals surface area contributed by atoms with E-state index in [9.17, 15) is 0 Å². The lowest BCUT2D eigenvalue weighted by molar-refractivity contribution is -0.139. The van der Waals surface area contributed by atoms with Gasteiger partial charge in [0.15, 0.2) is 0 Å². The van der Waals surface area contributed by atoms with Gasteiger partial charge < -0.3 is 4.74 Å². The van der Waals surface area contributed by atoms with Gasteiger partial charge in [0.05, 0.1) is 0 Å². The van der Waals surface area contributed by atoms with E-state index in [0.717, 1.165) is 13.2 Å². The molecule has 7 heteroatoms. The van der Waals surface area contributed by atoms with Gasteiger partial charge in [-0.2, -0.15) is 8.42 Å². The second-order valence-corrected chi connectivity index (χ2v) is 3.18. The molecule has 1 heterocycles. The minimum absolute atomic E-state index is 1.00. The van der Waals surface area contributed by atoms with Gasteiger partial charge in [-0.1, -0.05) is 4.33 Å². The molecule has 1 fully saturated rings. The molecule has 2 N–H and O–H groups in total. The summed E-state index contributed by atoms with van der Waals surface area (Å²) >= 11 is 0. The van der Waals surface area contributed by atoms with Crippen LogP contribution < -0.4 is 0 Å². The fraction of sp³-hybridized carbons (Fsp3) is 1.00. The van der Waals surface area contributed by atoms with E-state index in [0.29, 0.717) is 0 Å². The van der Waals surface area contributed by atoms with Gasteiger partial charge in [0.1, 0.15) is 0 Å². The number of hydrogen-bond donors (Lipinski definition) is 2. The van der Waals surface area contributed by atoms with Gasteiger partial charge in [-0.25, -0.2) is 5.26 Å². The highest BCUT2D eigenvalue weighted by Crippen LogP contribution is 2.02. The molecular formula is C5H12O6S. The summed E-state index contributed by atoms with van der Waals surface area (Å²) in [4.78, 5) is 0. The number of hydrogen-bond acceptors (Lipinski definition) is 5. The maximum atomic E-state index is 9.08. The molecule has 0 unspecified atom stereocenters. The molecule has 0 saturated carbocycles. The Morgan fingerprint density at radius 3 is 1.67 bits per heavy atom. The molecule has 0 radical (unpaired) electrons. The summed E-state index contributed by atoms with van der Waals surface area (Å²) in [6, 6.07) is 0. The van der Waals surface area contributed by atoms with Crippen LogP contribution in [0.3, 0.4) is 0 Å². The molecule has 74 valence electrons. The molecule has 0 spiro atoms. The zero-order chi connectivity index (χ0) is 9.45. The van der Waals surface area contributed by atoms with Gasteiger partial charge in [0, 0.05) is 13.2 Å². The third-order valence-corrected chi connectivity index (χ3v) is 1.36. The summed E-state index contributed by atoms with van der Waals surface area (Å²) < 4.78 is 33.0. The number of ether oxygens (including phenoxy) is 1. The van der Waals surface area contributed by atoms with Crippen LogP contribution >= 0.6 is 0 Å². The van der Waals surface area contributed by atoms with Crippen molar-refractivity contribution in [3.8, 4) is 0 Å². The monoisotopic (exact) mass is 200 g/mol. The van der Waals surface area contributed by atoms with Crippen LogP contribution in [0.1, 0.15) is 19.3 Å². The lowest BCUT2D eigenvalue weighted by Crippen LogP contribution is -2.03. The van der Waals surface area contributed by atoms with Crippen molar-refractivity contribution in [3.05, 3.63) is 0 Å². The van der Waals surface area contributed by atoms with Crippen LogP contribution in [0.2, 0.25) is 0 Å². The van der Waals surface area contributed by atoms with Crippen LogP contribution in [0.25, 0.3) is 0 Å². The van der Waals surface area contributed by atoms with E-state index in [1.54, 1.807) is 0 Å². The van der Waals surface area contributed by atoms with E-state index in [4.69, 9.17) is 23.0 Å². The first-order valence-electron chi connectivity index (χ1n) is 3.44. The summed E-state index contributed by atoms with van der Waals surface area (Å²) in [6.07, 6.45) is 3.93. The minimum atomic E-state index is -4.61. The Bertz CT molecular complexity index is 171. The molecule has 0 aromatic carbocycles. The summed E-state index contributed by atoms with van der Waals surface area (Å²) in [7, 11) is -4.61. The lowest BCUT2D eigenvalue weighted by atomic mass is 10.2. The third kappa shape index (κ3) is 9.79. The van der Waals surface area contributed by atoms with Crippen molar-refractivity contribution in [2.75, 3.05) is 13.2 Å². The maximum Gasteiger partial charge on any atom is 0.423 e. The molecule has 0 amide bonds. The standard InChI is InChI=1S/C5H10O.H2O5S/c1-2-4-6-5-3-1;1-5-6(2,3)4/h1-5H2;1H,(H,2,3,4). The van der Waals surface area contributed by atoms with E-state index in [-0.39, 0.29) is 0 Å². The van der Waals surface area contributed by atoms with Crippen molar-refractivity contribution < 1.29 is 27.3 Å². The lowest BCUT2D eigenvalue weighted by Gasteiger charge is -2.08. The van der Waals surface area contributed by atoms with Gasteiger partial charge in [-0.05, 0) is 19.3 Å². The summed E-state index contributed by atoms with van der Waals surface area (Å²) in [5.41, 5.74) is 0. The number of rotatable bonds is 1. The van der Waals surface area contributed by atoms with E-state index < -0.39 is 10.4 Å². The normalized spacial score (nSPS) is 17.8. The van der Waals surface area contributed by atoms with Crippen molar-refractivity contribution in [1.29, 1.82) is 0 Å². The van der Waals surface area contributed by atoms with Crippen molar-refractivity contribution >= 4 is 10.4 Å². The first-order chi connectivity index (χ1) is 5.56. The van der Waals surface area contributed by atoms with Crippen LogP contribution in [-0.4, -0.2) is 31.4 Å². The van der Waals surface area contributed by atoms with Crippen molar-refractivity contribution in [3.63, 3.8) is 0 Å². The fourth-order valence-electron chi connectivity index (χ4n) is 0.687. The second kappa shape index (κ2) is 6.32. The Morgan fingerprint density at radius 1 is 1.17 bits per heavy atom. The smallest absolute Gasteiger partial charge is 0.381 e. The molecule has 1 aliphatic rings. The molecule has 6 nitrogen and oxygen atoms in total. The van der Waals surface area contributed by atoms with Gasteiger partial charge in [-0.15, -0.1) is 0 Å². The van der Waals surface area contributed by atoms with E-state index in [2.05, 4.69) is 4.33 Å². The highest BCUT2D eigenvalue weighted by Gasteiger charge is 1.97. The predicted octanol–water partition coefficient (Wildman–Crippen LogP) is 0.466. The van der Waals surface area contributed by atoms with Crippen LogP contribution in [0.5, 0.6) is 0 Å². The minimum Gasteiger partial charge on any atom is -0.381 e. The van der Waals surface area contributed by atoms with Gasteiger partial charge in [0.25, 0.3) is 0 Å². The van der Waals surface area contributed by atoms with Crippen LogP contribution in [0, 0.1) is 0 Å². The molecule has 0 aromatic rings. The van der Waals surface area contributed by atoms with Crippen LogP contribution in [0.4, 0.5) is 0 Å². The van der Waals surface area contributed by atoms with Gasteiger partial charge in [-0.3, -0.25) is 4.55 Å². The van der Waals surface area contributed by atoms with Gasteiger partial charge >= 0.3 is 10.4 Å². The molecule has 1 aliphatic heterocycles. The van der Waals surface area contributed by atoms with Crippen molar-refractivity contribution in [2.45, 2.75) is 19.3 Å². The molecule has 1 saturated heterocycles. The Hall–Kier alpha value is -0.210. The molecule has 0 aliphatic carbocycles. The van der Waals surface area contributed by atoms with E-state index >= 15 is 0 Å². The van der Waals surface area contributed by atoms with Gasteiger partial charge in [0.2, 0.25) is 0 Å². The Balaban J connectivity index is 0.000000202. The van der Waals surface area contributed by atoms with E-state index in [1.807, 2.05) is 0 Å². The quantitative estimate of drug-likeness (QED) is 0.363. The average molecular weight is 200 g/mol. The average Bonchev–Trinajstić information content (AvgIpc) is 2.07. The molecule has 12 heavy (non-hydrogen) atoms. The summed E-state index contributed by atoms with van der Waals surface area (Å²) in [5, 5.41) is 7.06. The Kier molecular flexibility index (Phi) is 6.21. The first-order valence-corrected chi connectivity index (χ1v) is 4.81. The topological polar surface area (TPSA) is 93.1 Å². The molecule has 1 rings (SSSR count). The van der Waals surface area contributed by atoms with Crippen LogP contribution in [-0.2, 0) is 19.5 Å². The summed E-state index contributed by atoms with van der Waals surface area (Å²) in [5.74, 6) is 0.